The van der Waals surface area contributed by atoms with Crippen LogP contribution in [0.2, 0.25) is 0 Å². The minimum Gasteiger partial charge on any atom is -0.365 e. The molecule has 0 spiro atoms. The largest absolute Gasteiger partial charge is 0.407 e. The number of aryl methyl sites for hydroxylation is 2. The van der Waals surface area contributed by atoms with Crippen LogP contribution in [0.3, 0.4) is 0 Å². The number of nitrogens with two attached hydrogens (primary N) is 1. The normalized spacial score (nSPS) is 14.6. The van der Waals surface area contributed by atoms with Gasteiger partial charge in [-0.05, 0) is 19.4 Å². The molecule has 74 valence electrons. The Hall–Kier alpha value is -0.970. The third kappa shape index (κ3) is 1.85. The Labute approximate surface area is 73.9 Å². The van der Waals surface area contributed by atoms with Crippen LogP contribution in [0.4, 0.5) is 13.2 Å². The molecule has 0 radical (unpaired) electrons. The summed E-state index contributed by atoms with van der Waals surface area (Å²) in [6, 6.07) is -1.89. The van der Waals surface area contributed by atoms with Gasteiger partial charge in [-0.1, -0.05) is 0 Å². The molecule has 0 amide bonds. The molecule has 1 aromatic rings. The molecule has 0 saturated heterocycles. The highest BCUT2D eigenvalue weighted by Gasteiger charge is 2.39. The molecule has 1 atom stereocenters. The van der Waals surface area contributed by atoms with Crippen molar-refractivity contribution < 1.29 is 13.2 Å². The van der Waals surface area contributed by atoms with E-state index in [4.69, 9.17) is 5.73 Å². The molecule has 0 aliphatic rings. The summed E-state index contributed by atoms with van der Waals surface area (Å²) in [5, 5.41) is 0. The van der Waals surface area contributed by atoms with Crippen LogP contribution in [0, 0.1) is 13.8 Å². The molecule has 1 unspecified atom stereocenters. The monoisotopic (exact) mass is 192 g/mol. The fourth-order valence-corrected chi connectivity index (χ4v) is 1.31. The predicted octanol–water partition coefficient (Wildman–Crippen LogP) is 2.19. The molecule has 0 aliphatic heterocycles. The van der Waals surface area contributed by atoms with E-state index < -0.39 is 12.2 Å². The molecular formula is C8H11F3N2. The van der Waals surface area contributed by atoms with Gasteiger partial charge in [0.1, 0.15) is 6.04 Å². The van der Waals surface area contributed by atoms with Gasteiger partial charge in [-0.15, -0.1) is 0 Å². The predicted molar refractivity (Wildman–Crippen MR) is 43.3 cm³/mol. The van der Waals surface area contributed by atoms with Crippen molar-refractivity contribution in [1.29, 1.82) is 0 Å². The van der Waals surface area contributed by atoms with E-state index >= 15 is 0 Å². The summed E-state index contributed by atoms with van der Waals surface area (Å²) in [7, 11) is 0. The van der Waals surface area contributed by atoms with E-state index in [1.165, 1.54) is 6.20 Å². The Kier molecular flexibility index (Phi) is 2.38. The first kappa shape index (κ1) is 10.1. The number of rotatable bonds is 1. The van der Waals surface area contributed by atoms with Crippen LogP contribution in [0.5, 0.6) is 0 Å². The number of aromatic amines is 1. The highest BCUT2D eigenvalue weighted by Crippen LogP contribution is 2.33. The minimum absolute atomic E-state index is 0.146. The zero-order valence-corrected chi connectivity index (χ0v) is 7.37. The molecule has 2 nitrogen and oxygen atoms in total. The first-order valence-electron chi connectivity index (χ1n) is 3.80. The molecule has 0 bridgehead atoms. The molecule has 13 heavy (non-hydrogen) atoms. The van der Waals surface area contributed by atoms with Gasteiger partial charge in [-0.3, -0.25) is 0 Å². The van der Waals surface area contributed by atoms with Crippen molar-refractivity contribution in [2.75, 3.05) is 0 Å². The van der Waals surface area contributed by atoms with Crippen LogP contribution in [0.15, 0.2) is 6.20 Å². The maximum atomic E-state index is 12.2. The summed E-state index contributed by atoms with van der Waals surface area (Å²) in [5.41, 5.74) is 6.24. The van der Waals surface area contributed by atoms with Crippen LogP contribution in [0.25, 0.3) is 0 Å². The molecule has 3 N–H and O–H groups in total. The number of alkyl halides is 3. The number of aromatic nitrogens is 1. The topological polar surface area (TPSA) is 41.8 Å². The molecule has 0 saturated carbocycles. The Balaban J connectivity index is 3.08. The lowest BCUT2D eigenvalue weighted by atomic mass is 10.0. The lowest BCUT2D eigenvalue weighted by Crippen LogP contribution is -2.29. The van der Waals surface area contributed by atoms with Gasteiger partial charge in [-0.25, -0.2) is 0 Å². The van der Waals surface area contributed by atoms with E-state index in [0.717, 1.165) is 0 Å². The number of H-pyrrole nitrogens is 1. The molecule has 1 aromatic heterocycles. The molecule has 5 heteroatoms. The Bertz CT molecular complexity index is 281. The van der Waals surface area contributed by atoms with E-state index in [9.17, 15) is 13.2 Å². The zero-order chi connectivity index (χ0) is 10.2. The highest BCUT2D eigenvalue weighted by atomic mass is 19.4. The number of hydrogen-bond donors (Lipinski definition) is 2. The Morgan fingerprint density at radius 3 is 2.23 bits per heavy atom. The van der Waals surface area contributed by atoms with Crippen molar-refractivity contribution in [2.24, 2.45) is 5.73 Å². The first-order valence-corrected chi connectivity index (χ1v) is 3.80. The fraction of sp³-hybridized carbons (Fsp3) is 0.500. The van der Waals surface area contributed by atoms with Gasteiger partial charge in [0.15, 0.2) is 0 Å². The lowest BCUT2D eigenvalue weighted by molar-refractivity contribution is -0.149. The standard InChI is InChI=1S/C8H11F3N2/c1-4-3-13-5(2)6(4)7(12)8(9,10)11/h3,7,13H,12H2,1-2H3. The van der Waals surface area contributed by atoms with Crippen molar-refractivity contribution in [3.05, 3.63) is 23.0 Å². The minimum atomic E-state index is -4.38. The van der Waals surface area contributed by atoms with Gasteiger partial charge in [0, 0.05) is 17.5 Å². The summed E-state index contributed by atoms with van der Waals surface area (Å²) in [6.07, 6.45) is -2.85. The number of nitrogens with one attached hydrogen (secondary N) is 1. The van der Waals surface area contributed by atoms with Crippen molar-refractivity contribution >= 4 is 0 Å². The average molecular weight is 192 g/mol. The zero-order valence-electron chi connectivity index (χ0n) is 7.37. The second-order valence-electron chi connectivity index (χ2n) is 3.03. The van der Waals surface area contributed by atoms with Crippen LogP contribution >= 0.6 is 0 Å². The number of hydrogen-bond acceptors (Lipinski definition) is 1. The molecule has 0 fully saturated rings. The van der Waals surface area contributed by atoms with Crippen molar-refractivity contribution in [1.82, 2.24) is 4.98 Å². The lowest BCUT2D eigenvalue weighted by Gasteiger charge is -2.16. The maximum absolute atomic E-state index is 12.2. The van der Waals surface area contributed by atoms with Gasteiger partial charge in [0.25, 0.3) is 0 Å². The van der Waals surface area contributed by atoms with E-state index in [1.807, 2.05) is 0 Å². The van der Waals surface area contributed by atoms with Gasteiger partial charge in [-0.2, -0.15) is 13.2 Å². The van der Waals surface area contributed by atoms with Gasteiger partial charge >= 0.3 is 6.18 Å². The first-order chi connectivity index (χ1) is 5.84. The van der Waals surface area contributed by atoms with Crippen molar-refractivity contribution in [2.45, 2.75) is 26.1 Å². The summed E-state index contributed by atoms with van der Waals surface area (Å²) in [4.78, 5) is 2.71. The van der Waals surface area contributed by atoms with Gasteiger partial charge < -0.3 is 10.7 Å². The van der Waals surface area contributed by atoms with Crippen LogP contribution in [-0.2, 0) is 0 Å². The van der Waals surface area contributed by atoms with Crippen molar-refractivity contribution in [3.8, 4) is 0 Å². The second kappa shape index (κ2) is 3.06. The van der Waals surface area contributed by atoms with E-state index in [-0.39, 0.29) is 5.56 Å². The maximum Gasteiger partial charge on any atom is 0.407 e. The summed E-state index contributed by atoms with van der Waals surface area (Å²) >= 11 is 0. The average Bonchev–Trinajstić information content (AvgIpc) is 2.28. The Morgan fingerprint density at radius 1 is 1.38 bits per heavy atom. The van der Waals surface area contributed by atoms with E-state index in [1.54, 1.807) is 13.8 Å². The smallest absolute Gasteiger partial charge is 0.365 e. The van der Waals surface area contributed by atoms with Crippen LogP contribution in [-0.4, -0.2) is 11.2 Å². The van der Waals surface area contributed by atoms with Crippen molar-refractivity contribution in [3.63, 3.8) is 0 Å². The van der Waals surface area contributed by atoms with Crippen LogP contribution in [0.1, 0.15) is 22.9 Å². The quantitative estimate of drug-likeness (QED) is 0.703. The summed E-state index contributed by atoms with van der Waals surface area (Å²) in [5.74, 6) is 0. The molecule has 1 heterocycles. The highest BCUT2D eigenvalue weighted by molar-refractivity contribution is 5.32. The SMILES string of the molecule is Cc1c[nH]c(C)c1C(N)C(F)(F)F. The molecular weight excluding hydrogens is 181 g/mol. The third-order valence-electron chi connectivity index (χ3n) is 2.00. The summed E-state index contributed by atoms with van der Waals surface area (Å²) < 4.78 is 36.7. The van der Waals surface area contributed by atoms with Gasteiger partial charge in [0.2, 0.25) is 0 Å². The fourth-order valence-electron chi connectivity index (χ4n) is 1.31. The number of halogens is 3. The molecule has 0 aromatic carbocycles. The Morgan fingerprint density at radius 2 is 1.92 bits per heavy atom. The molecule has 1 rings (SSSR count). The molecule has 0 aliphatic carbocycles. The van der Waals surface area contributed by atoms with E-state index in [0.29, 0.717) is 11.3 Å². The van der Waals surface area contributed by atoms with E-state index in [2.05, 4.69) is 4.98 Å². The van der Waals surface area contributed by atoms with Crippen LogP contribution < -0.4 is 5.73 Å². The third-order valence-corrected chi connectivity index (χ3v) is 2.00. The van der Waals surface area contributed by atoms with Gasteiger partial charge in [0.05, 0.1) is 0 Å². The summed E-state index contributed by atoms with van der Waals surface area (Å²) in [6.45, 7) is 3.18. The second-order valence-corrected chi connectivity index (χ2v) is 3.03.